The molecule has 5 rings (SSSR count). The van der Waals surface area contributed by atoms with Gasteiger partial charge in [-0.3, -0.25) is 4.79 Å². The van der Waals surface area contributed by atoms with Crippen molar-refractivity contribution in [3.8, 4) is 22.3 Å². The maximum absolute atomic E-state index is 12.9. The maximum atomic E-state index is 12.9. The van der Waals surface area contributed by atoms with Crippen LogP contribution in [0.5, 0.6) is 5.75 Å². The smallest absolute Gasteiger partial charge is 0.258 e. The number of benzene rings is 1. The zero-order valence-electron chi connectivity index (χ0n) is 20.6. The summed E-state index contributed by atoms with van der Waals surface area (Å²) in [7, 11) is 3.69. The Morgan fingerprint density at radius 2 is 1.97 bits per heavy atom. The molecule has 11 heteroatoms. The summed E-state index contributed by atoms with van der Waals surface area (Å²) in [6.07, 6.45) is 2.49. The second-order valence-corrected chi connectivity index (χ2v) is 9.98. The molecule has 1 aromatic carbocycles. The molecular weight excluding hydrogens is 476 g/mol. The average molecular weight is 505 g/mol. The third-order valence-corrected chi connectivity index (χ3v) is 7.46. The van der Waals surface area contributed by atoms with E-state index in [1.165, 1.54) is 11.3 Å². The topological polar surface area (TPSA) is 111 Å². The molecule has 10 nitrogen and oxygen atoms in total. The molecule has 0 unspecified atom stereocenters. The lowest BCUT2D eigenvalue weighted by atomic mass is 9.95. The fourth-order valence-electron chi connectivity index (χ4n) is 4.56. The molecule has 2 aliphatic rings. The number of carbonyl (C=O) groups is 1. The number of methoxy groups -OCH3 is 1. The van der Waals surface area contributed by atoms with Crippen LogP contribution in [0.15, 0.2) is 24.4 Å². The summed E-state index contributed by atoms with van der Waals surface area (Å²) in [6.45, 7) is 6.38. The SMILES string of the molecule is COc1cc(-c2cnc(Nc3cc(N4CCN(C)CC4)nc(C)n3)s2)cc2c1C(=O)N(CC#N)CC2. The third-order valence-electron chi connectivity index (χ3n) is 6.49. The Morgan fingerprint density at radius 3 is 2.72 bits per heavy atom. The highest BCUT2D eigenvalue weighted by Crippen LogP contribution is 2.37. The number of likely N-dealkylation sites (N-methyl/N-ethyl adjacent to an activating group) is 1. The van der Waals surface area contributed by atoms with Gasteiger partial charge >= 0.3 is 0 Å². The molecule has 0 spiro atoms. The van der Waals surface area contributed by atoms with Gasteiger partial charge in [0.05, 0.1) is 23.6 Å². The van der Waals surface area contributed by atoms with Crippen molar-refractivity contribution in [2.45, 2.75) is 13.3 Å². The molecule has 0 bridgehead atoms. The van der Waals surface area contributed by atoms with Gasteiger partial charge in [-0.2, -0.15) is 5.26 Å². The lowest BCUT2D eigenvalue weighted by Crippen LogP contribution is -2.44. The summed E-state index contributed by atoms with van der Waals surface area (Å²) < 4.78 is 5.58. The van der Waals surface area contributed by atoms with Crippen LogP contribution in [0.25, 0.3) is 10.4 Å². The van der Waals surface area contributed by atoms with Gasteiger partial charge in [0.2, 0.25) is 0 Å². The molecule has 186 valence electrons. The van der Waals surface area contributed by atoms with E-state index in [1.54, 1.807) is 12.0 Å². The number of carbonyl (C=O) groups excluding carboxylic acids is 1. The van der Waals surface area contributed by atoms with Gasteiger partial charge in [0, 0.05) is 45.0 Å². The first-order valence-corrected chi connectivity index (χ1v) is 12.7. The van der Waals surface area contributed by atoms with Gasteiger partial charge < -0.3 is 24.8 Å². The van der Waals surface area contributed by atoms with Crippen molar-refractivity contribution in [2.75, 3.05) is 63.6 Å². The third kappa shape index (κ3) is 4.82. The van der Waals surface area contributed by atoms with Gasteiger partial charge in [-0.1, -0.05) is 11.3 Å². The number of aromatic nitrogens is 3. The number of thiazole rings is 1. The van der Waals surface area contributed by atoms with Crippen LogP contribution in [-0.2, 0) is 6.42 Å². The van der Waals surface area contributed by atoms with Crippen LogP contribution in [0, 0.1) is 18.3 Å². The molecule has 0 atom stereocenters. The molecule has 1 N–H and O–H groups in total. The van der Waals surface area contributed by atoms with Crippen LogP contribution < -0.4 is 15.0 Å². The molecule has 0 saturated carbocycles. The second-order valence-electron chi connectivity index (χ2n) is 8.95. The number of nitrogens with one attached hydrogen (secondary N) is 1. The first-order valence-electron chi connectivity index (χ1n) is 11.8. The van der Waals surface area contributed by atoms with Crippen LogP contribution in [-0.4, -0.2) is 84.1 Å². The van der Waals surface area contributed by atoms with Crippen molar-refractivity contribution in [1.29, 1.82) is 5.26 Å². The Morgan fingerprint density at radius 1 is 1.17 bits per heavy atom. The van der Waals surface area contributed by atoms with Crippen molar-refractivity contribution in [2.24, 2.45) is 0 Å². The Balaban J connectivity index is 1.38. The average Bonchev–Trinajstić information content (AvgIpc) is 3.33. The molecule has 3 aromatic rings. The zero-order valence-corrected chi connectivity index (χ0v) is 21.4. The summed E-state index contributed by atoms with van der Waals surface area (Å²) in [5, 5.41) is 13.1. The molecule has 0 aliphatic carbocycles. The number of fused-ring (bicyclic) bond motifs is 1. The lowest BCUT2D eigenvalue weighted by Gasteiger charge is -2.33. The van der Waals surface area contributed by atoms with Crippen molar-refractivity contribution in [3.05, 3.63) is 41.3 Å². The number of aryl methyl sites for hydroxylation is 1. The van der Waals surface area contributed by atoms with E-state index in [4.69, 9.17) is 10.00 Å². The first kappa shape index (κ1) is 24.0. The largest absolute Gasteiger partial charge is 0.496 e. The van der Waals surface area contributed by atoms with Crippen LogP contribution in [0.4, 0.5) is 16.8 Å². The van der Waals surface area contributed by atoms with Crippen molar-refractivity contribution < 1.29 is 9.53 Å². The van der Waals surface area contributed by atoms with E-state index >= 15 is 0 Å². The van der Waals surface area contributed by atoms with Crippen LogP contribution in [0.1, 0.15) is 21.7 Å². The number of amides is 1. The number of hydrogen-bond acceptors (Lipinski definition) is 10. The molecule has 2 aromatic heterocycles. The van der Waals surface area contributed by atoms with Crippen molar-refractivity contribution in [1.82, 2.24) is 24.8 Å². The number of hydrogen-bond donors (Lipinski definition) is 1. The normalized spacial score (nSPS) is 16.0. The standard InChI is InChI=1S/C25H28N8O2S/c1-16-28-21(14-22(29-16)32-10-8-31(2)9-11-32)30-25-27-15-20(36-25)18-12-17-4-6-33(7-5-26)24(34)23(17)19(13-18)35-3/h12-15H,4,6-11H2,1-3H3,(H,27,28,29,30). The maximum Gasteiger partial charge on any atom is 0.258 e. The number of piperazine rings is 1. The minimum Gasteiger partial charge on any atom is -0.496 e. The number of nitrogens with zero attached hydrogens (tertiary/aromatic N) is 7. The van der Waals surface area contributed by atoms with Gasteiger partial charge in [0.15, 0.2) is 5.13 Å². The van der Waals surface area contributed by atoms with Gasteiger partial charge in [-0.25, -0.2) is 15.0 Å². The van der Waals surface area contributed by atoms with E-state index in [2.05, 4.69) is 43.2 Å². The molecule has 4 heterocycles. The Hall–Kier alpha value is -3.75. The number of anilines is 3. The van der Waals surface area contributed by atoms with Crippen LogP contribution >= 0.6 is 11.3 Å². The first-order chi connectivity index (χ1) is 17.4. The predicted octanol–water partition coefficient (Wildman–Crippen LogP) is 2.93. The fourth-order valence-corrected chi connectivity index (χ4v) is 5.37. The van der Waals surface area contributed by atoms with Gasteiger partial charge in [-0.15, -0.1) is 0 Å². The summed E-state index contributed by atoms with van der Waals surface area (Å²) in [5.41, 5.74) is 2.41. The summed E-state index contributed by atoms with van der Waals surface area (Å²) >= 11 is 1.51. The van der Waals surface area contributed by atoms with Gasteiger partial charge in [0.1, 0.15) is 29.8 Å². The summed E-state index contributed by atoms with van der Waals surface area (Å²) in [6, 6.07) is 7.92. The lowest BCUT2D eigenvalue weighted by molar-refractivity contribution is 0.0757. The van der Waals surface area contributed by atoms with E-state index in [-0.39, 0.29) is 12.5 Å². The van der Waals surface area contributed by atoms with Gasteiger partial charge in [-0.05, 0) is 43.7 Å². The monoisotopic (exact) mass is 504 g/mol. The van der Waals surface area contributed by atoms with E-state index in [0.29, 0.717) is 35.9 Å². The quantitative estimate of drug-likeness (QED) is 0.507. The molecule has 2 aliphatic heterocycles. The minimum atomic E-state index is -0.164. The van der Waals surface area contributed by atoms with E-state index in [0.717, 1.165) is 53.1 Å². The van der Waals surface area contributed by atoms with Crippen LogP contribution in [0.3, 0.4) is 0 Å². The number of nitriles is 1. The highest BCUT2D eigenvalue weighted by Gasteiger charge is 2.28. The fraction of sp³-hybridized carbons (Fsp3) is 0.400. The van der Waals surface area contributed by atoms with Crippen LogP contribution in [0.2, 0.25) is 0 Å². The molecule has 1 amide bonds. The number of rotatable bonds is 6. The molecule has 36 heavy (non-hydrogen) atoms. The predicted molar refractivity (Wildman–Crippen MR) is 139 cm³/mol. The molecule has 0 radical (unpaired) electrons. The Bertz CT molecular complexity index is 1310. The zero-order chi connectivity index (χ0) is 25.2. The van der Waals surface area contributed by atoms with Gasteiger partial charge in [0.25, 0.3) is 5.91 Å². The van der Waals surface area contributed by atoms with E-state index in [9.17, 15) is 4.79 Å². The Labute approximate surface area is 214 Å². The summed E-state index contributed by atoms with van der Waals surface area (Å²) in [4.78, 5) is 33.7. The second kappa shape index (κ2) is 10.1. The molecule has 1 fully saturated rings. The minimum absolute atomic E-state index is 0.0755. The highest BCUT2D eigenvalue weighted by molar-refractivity contribution is 7.18. The summed E-state index contributed by atoms with van der Waals surface area (Å²) in [5.74, 6) is 2.69. The van der Waals surface area contributed by atoms with E-state index < -0.39 is 0 Å². The highest BCUT2D eigenvalue weighted by atomic mass is 32.1. The molecular formula is C25H28N8O2S. The molecule has 1 saturated heterocycles. The van der Waals surface area contributed by atoms with Crippen molar-refractivity contribution in [3.63, 3.8) is 0 Å². The Kier molecular flexibility index (Phi) is 6.71. The van der Waals surface area contributed by atoms with Crippen molar-refractivity contribution >= 4 is 34.0 Å². The van der Waals surface area contributed by atoms with E-state index in [1.807, 2.05) is 31.3 Å². The number of ether oxygens (including phenoxy) is 1.